The molecule has 5 heteroatoms. The fourth-order valence-corrected chi connectivity index (χ4v) is 1.87. The van der Waals surface area contributed by atoms with Gasteiger partial charge in [-0.1, -0.05) is 0 Å². The summed E-state index contributed by atoms with van der Waals surface area (Å²) in [5.41, 5.74) is 7.37. The van der Waals surface area contributed by atoms with Crippen molar-refractivity contribution >= 4 is 22.4 Å². The predicted molar refractivity (Wildman–Crippen MR) is 61.9 cm³/mol. The summed E-state index contributed by atoms with van der Waals surface area (Å²) in [6.07, 6.45) is 2.57. The van der Waals surface area contributed by atoms with Crippen LogP contribution in [0.2, 0.25) is 0 Å². The van der Waals surface area contributed by atoms with Crippen LogP contribution in [-0.2, 0) is 4.84 Å². The maximum Gasteiger partial charge on any atom is 0.163 e. The summed E-state index contributed by atoms with van der Waals surface area (Å²) in [4.78, 5) is 14.0. The van der Waals surface area contributed by atoms with Gasteiger partial charge in [0.05, 0.1) is 12.1 Å². The molecule has 1 aliphatic rings. The highest BCUT2D eigenvalue weighted by Crippen LogP contribution is 2.26. The Hall–Kier alpha value is -1.88. The number of anilines is 2. The third kappa shape index (κ3) is 1.45. The Balaban J connectivity index is 2.18. The molecule has 0 saturated carbocycles. The number of aromatic nitrogens is 2. The van der Waals surface area contributed by atoms with Gasteiger partial charge in [-0.2, -0.15) is 0 Å². The van der Waals surface area contributed by atoms with Crippen molar-refractivity contribution in [3.8, 4) is 0 Å². The monoisotopic (exact) mass is 216 g/mol. The summed E-state index contributed by atoms with van der Waals surface area (Å²) in [6.45, 7) is 1.61. The Morgan fingerprint density at radius 3 is 3.06 bits per heavy atom. The van der Waals surface area contributed by atoms with Crippen molar-refractivity contribution in [2.45, 2.75) is 6.42 Å². The zero-order valence-electron chi connectivity index (χ0n) is 8.76. The SMILES string of the molecule is Nc1ccc2ncnc(N3CCCO3)c2c1. The molecule has 0 aliphatic carbocycles. The molecule has 2 aromatic rings. The van der Waals surface area contributed by atoms with Crippen molar-refractivity contribution in [3.05, 3.63) is 24.5 Å². The van der Waals surface area contributed by atoms with E-state index in [0.29, 0.717) is 5.69 Å². The van der Waals surface area contributed by atoms with Crippen molar-refractivity contribution in [1.82, 2.24) is 9.97 Å². The Bertz CT molecular complexity index is 522. The first-order chi connectivity index (χ1) is 7.84. The largest absolute Gasteiger partial charge is 0.399 e. The van der Waals surface area contributed by atoms with Gasteiger partial charge in [0.2, 0.25) is 0 Å². The summed E-state index contributed by atoms with van der Waals surface area (Å²) in [5, 5.41) is 2.74. The van der Waals surface area contributed by atoms with Gasteiger partial charge in [-0.3, -0.25) is 4.84 Å². The highest BCUT2D eigenvalue weighted by atomic mass is 16.7. The molecule has 2 heterocycles. The van der Waals surface area contributed by atoms with Gasteiger partial charge in [0.25, 0.3) is 0 Å². The van der Waals surface area contributed by atoms with Gasteiger partial charge in [-0.05, 0) is 24.6 Å². The van der Waals surface area contributed by atoms with E-state index in [9.17, 15) is 0 Å². The lowest BCUT2D eigenvalue weighted by atomic mass is 10.2. The van der Waals surface area contributed by atoms with Crippen molar-refractivity contribution in [3.63, 3.8) is 0 Å². The fraction of sp³-hybridized carbons (Fsp3) is 0.273. The van der Waals surface area contributed by atoms with E-state index in [-0.39, 0.29) is 0 Å². The number of nitrogens with zero attached hydrogens (tertiary/aromatic N) is 3. The van der Waals surface area contributed by atoms with Crippen LogP contribution >= 0.6 is 0 Å². The molecule has 0 radical (unpaired) electrons. The Morgan fingerprint density at radius 2 is 2.25 bits per heavy atom. The maximum atomic E-state index is 5.78. The molecule has 0 spiro atoms. The van der Waals surface area contributed by atoms with Crippen LogP contribution in [0.4, 0.5) is 11.5 Å². The fourth-order valence-electron chi connectivity index (χ4n) is 1.87. The second-order valence-electron chi connectivity index (χ2n) is 3.76. The van der Waals surface area contributed by atoms with Gasteiger partial charge >= 0.3 is 0 Å². The summed E-state index contributed by atoms with van der Waals surface area (Å²) in [7, 11) is 0. The van der Waals surface area contributed by atoms with Crippen molar-refractivity contribution < 1.29 is 4.84 Å². The molecule has 82 valence electrons. The van der Waals surface area contributed by atoms with Crippen LogP contribution in [0.1, 0.15) is 6.42 Å². The van der Waals surface area contributed by atoms with E-state index in [1.165, 1.54) is 0 Å². The minimum absolute atomic E-state index is 0.711. The number of nitrogen functional groups attached to an aromatic ring is 1. The second-order valence-corrected chi connectivity index (χ2v) is 3.76. The van der Waals surface area contributed by atoms with E-state index in [2.05, 4.69) is 9.97 Å². The normalized spacial score (nSPS) is 15.9. The summed E-state index contributed by atoms with van der Waals surface area (Å²) in [5.74, 6) is 0.801. The molecule has 16 heavy (non-hydrogen) atoms. The molecule has 0 bridgehead atoms. The molecule has 1 aliphatic heterocycles. The van der Waals surface area contributed by atoms with E-state index in [4.69, 9.17) is 10.6 Å². The minimum Gasteiger partial charge on any atom is -0.399 e. The van der Waals surface area contributed by atoms with Gasteiger partial charge in [0, 0.05) is 17.6 Å². The molecule has 1 saturated heterocycles. The molecule has 1 fully saturated rings. The molecule has 3 rings (SSSR count). The summed E-state index contributed by atoms with van der Waals surface area (Å²) < 4.78 is 0. The topological polar surface area (TPSA) is 64.3 Å². The Kier molecular flexibility index (Phi) is 2.11. The number of nitrogens with two attached hydrogens (primary N) is 1. The first-order valence-corrected chi connectivity index (χ1v) is 5.25. The van der Waals surface area contributed by atoms with Crippen LogP contribution in [0.5, 0.6) is 0 Å². The predicted octanol–water partition coefficient (Wildman–Crippen LogP) is 1.35. The van der Waals surface area contributed by atoms with E-state index < -0.39 is 0 Å². The minimum atomic E-state index is 0.711. The zero-order chi connectivity index (χ0) is 11.0. The lowest BCUT2D eigenvalue weighted by molar-refractivity contribution is 0.167. The van der Waals surface area contributed by atoms with E-state index in [1.807, 2.05) is 23.3 Å². The molecule has 0 atom stereocenters. The van der Waals surface area contributed by atoms with E-state index in [1.54, 1.807) is 6.33 Å². The maximum absolute atomic E-state index is 5.78. The number of fused-ring (bicyclic) bond motifs is 1. The quantitative estimate of drug-likeness (QED) is 0.729. The zero-order valence-corrected chi connectivity index (χ0v) is 8.76. The average Bonchev–Trinajstić information content (AvgIpc) is 2.81. The number of hydrogen-bond donors (Lipinski definition) is 1. The molecule has 2 N–H and O–H groups in total. The van der Waals surface area contributed by atoms with Crippen LogP contribution < -0.4 is 10.8 Å². The van der Waals surface area contributed by atoms with Gasteiger partial charge in [-0.25, -0.2) is 15.0 Å². The van der Waals surface area contributed by atoms with Crippen LogP contribution in [0.25, 0.3) is 10.9 Å². The standard InChI is InChI=1S/C11H12N4O/c12-8-2-3-10-9(6-8)11(14-7-13-10)15-4-1-5-16-15/h2-3,6-7H,1,4-5,12H2. The second kappa shape index (κ2) is 3.61. The Morgan fingerprint density at radius 1 is 1.31 bits per heavy atom. The van der Waals surface area contributed by atoms with Crippen LogP contribution in [0, 0.1) is 0 Å². The van der Waals surface area contributed by atoms with Crippen LogP contribution in [0.3, 0.4) is 0 Å². The average molecular weight is 216 g/mol. The van der Waals surface area contributed by atoms with Crippen molar-refractivity contribution in [2.24, 2.45) is 0 Å². The third-order valence-electron chi connectivity index (χ3n) is 2.63. The molecule has 1 aromatic heterocycles. The molecule has 5 nitrogen and oxygen atoms in total. The lowest BCUT2D eigenvalue weighted by Gasteiger charge is -2.16. The number of rotatable bonds is 1. The molecule has 0 amide bonds. The number of hydroxylamine groups is 1. The Labute approximate surface area is 92.8 Å². The van der Waals surface area contributed by atoms with E-state index in [0.717, 1.165) is 36.3 Å². The van der Waals surface area contributed by atoms with E-state index >= 15 is 0 Å². The number of benzene rings is 1. The molecular formula is C11H12N4O. The van der Waals surface area contributed by atoms with Gasteiger partial charge < -0.3 is 5.73 Å². The van der Waals surface area contributed by atoms with Crippen molar-refractivity contribution in [1.29, 1.82) is 0 Å². The number of hydrogen-bond acceptors (Lipinski definition) is 5. The highest BCUT2D eigenvalue weighted by Gasteiger charge is 2.17. The highest BCUT2D eigenvalue weighted by molar-refractivity contribution is 5.91. The first kappa shape index (κ1) is 9.35. The summed E-state index contributed by atoms with van der Waals surface area (Å²) in [6, 6.07) is 5.61. The van der Waals surface area contributed by atoms with Gasteiger partial charge in [0.15, 0.2) is 5.82 Å². The van der Waals surface area contributed by atoms with Gasteiger partial charge in [0.1, 0.15) is 6.33 Å². The smallest absolute Gasteiger partial charge is 0.163 e. The van der Waals surface area contributed by atoms with Gasteiger partial charge in [-0.15, -0.1) is 0 Å². The third-order valence-corrected chi connectivity index (χ3v) is 2.63. The lowest BCUT2D eigenvalue weighted by Crippen LogP contribution is -2.18. The molecular weight excluding hydrogens is 204 g/mol. The summed E-state index contributed by atoms with van der Waals surface area (Å²) >= 11 is 0. The van der Waals surface area contributed by atoms with Crippen LogP contribution in [-0.4, -0.2) is 23.1 Å². The van der Waals surface area contributed by atoms with Crippen molar-refractivity contribution in [2.75, 3.05) is 23.9 Å². The first-order valence-electron chi connectivity index (χ1n) is 5.25. The molecule has 0 unspecified atom stereocenters. The molecule has 1 aromatic carbocycles. The van der Waals surface area contributed by atoms with Crippen LogP contribution in [0.15, 0.2) is 24.5 Å².